The summed E-state index contributed by atoms with van der Waals surface area (Å²) >= 11 is 6.04. The number of amides is 2. The van der Waals surface area contributed by atoms with E-state index in [4.69, 9.17) is 11.6 Å². The molecule has 3 aromatic rings. The summed E-state index contributed by atoms with van der Waals surface area (Å²) in [5, 5.41) is 5.65. The molecular weight excluding hydrogens is 362 g/mol. The number of nitrogens with zero attached hydrogens (tertiary/aromatic N) is 1. The number of carbonyl (C=O) groups excluding carboxylic acids is 2. The van der Waals surface area contributed by atoms with Crippen molar-refractivity contribution in [3.63, 3.8) is 0 Å². The third-order valence-electron chi connectivity index (χ3n) is 4.35. The van der Waals surface area contributed by atoms with E-state index in [0.717, 1.165) is 17.1 Å². The van der Waals surface area contributed by atoms with Crippen molar-refractivity contribution in [1.82, 2.24) is 9.88 Å². The van der Waals surface area contributed by atoms with Crippen molar-refractivity contribution < 1.29 is 9.59 Å². The molecule has 0 bridgehead atoms. The van der Waals surface area contributed by atoms with Crippen LogP contribution in [0.25, 0.3) is 5.69 Å². The molecule has 5 nitrogen and oxygen atoms in total. The summed E-state index contributed by atoms with van der Waals surface area (Å²) in [6.45, 7) is 4.08. The van der Waals surface area contributed by atoms with E-state index in [9.17, 15) is 9.59 Å². The molecule has 0 fully saturated rings. The van der Waals surface area contributed by atoms with E-state index in [1.54, 1.807) is 30.3 Å². The molecule has 0 saturated heterocycles. The molecule has 0 aliphatic heterocycles. The average molecular weight is 382 g/mol. The van der Waals surface area contributed by atoms with Gasteiger partial charge in [0.15, 0.2) is 0 Å². The Labute approximate surface area is 163 Å². The number of anilines is 1. The summed E-state index contributed by atoms with van der Waals surface area (Å²) < 4.78 is 2.12. The fraction of sp³-hybridized carbons (Fsp3) is 0.143. The number of benzene rings is 2. The van der Waals surface area contributed by atoms with Gasteiger partial charge in [-0.25, -0.2) is 0 Å². The number of aryl methyl sites for hydroxylation is 2. The van der Waals surface area contributed by atoms with Gasteiger partial charge in [-0.2, -0.15) is 0 Å². The van der Waals surface area contributed by atoms with Crippen molar-refractivity contribution in [3.05, 3.63) is 82.1 Å². The number of halogens is 1. The highest BCUT2D eigenvalue weighted by Crippen LogP contribution is 2.22. The first-order chi connectivity index (χ1) is 12.9. The molecule has 2 aromatic carbocycles. The second kappa shape index (κ2) is 7.68. The molecule has 138 valence electrons. The summed E-state index contributed by atoms with van der Waals surface area (Å²) in [6.07, 6.45) is 0. The second-order valence-corrected chi connectivity index (χ2v) is 6.63. The van der Waals surface area contributed by atoms with Crippen molar-refractivity contribution in [3.8, 4) is 5.69 Å². The largest absolute Gasteiger partial charge is 0.355 e. The van der Waals surface area contributed by atoms with Gasteiger partial charge in [-0.05, 0) is 68.4 Å². The van der Waals surface area contributed by atoms with Gasteiger partial charge in [0.05, 0.1) is 10.6 Å². The molecule has 2 amide bonds. The standard InChI is InChI=1S/C21H20ClN3O2/c1-13-4-5-14(2)25(13)17-9-6-15(7-10-17)20(26)24-16-8-11-19(22)18(12-16)21(27)23-3/h4-12H,1-3H3,(H,23,27)(H,24,26). The van der Waals surface area contributed by atoms with Crippen LogP contribution in [0.1, 0.15) is 32.1 Å². The lowest BCUT2D eigenvalue weighted by molar-refractivity contribution is 0.0961. The summed E-state index contributed by atoms with van der Waals surface area (Å²) in [6, 6.07) is 16.3. The maximum atomic E-state index is 12.5. The Morgan fingerprint density at radius 2 is 1.52 bits per heavy atom. The first-order valence-electron chi connectivity index (χ1n) is 8.49. The molecule has 6 heteroatoms. The SMILES string of the molecule is CNC(=O)c1cc(NC(=O)c2ccc(-n3c(C)ccc3C)cc2)ccc1Cl. The Morgan fingerprint density at radius 3 is 2.11 bits per heavy atom. The van der Waals surface area contributed by atoms with Crippen LogP contribution in [0.5, 0.6) is 0 Å². The van der Waals surface area contributed by atoms with Gasteiger partial charge in [0.25, 0.3) is 11.8 Å². The van der Waals surface area contributed by atoms with Crippen LogP contribution in [0.15, 0.2) is 54.6 Å². The van der Waals surface area contributed by atoms with Crippen molar-refractivity contribution in [2.24, 2.45) is 0 Å². The maximum absolute atomic E-state index is 12.5. The van der Waals surface area contributed by atoms with Gasteiger partial charge >= 0.3 is 0 Å². The molecule has 27 heavy (non-hydrogen) atoms. The van der Waals surface area contributed by atoms with Crippen LogP contribution in [0.3, 0.4) is 0 Å². The first-order valence-corrected chi connectivity index (χ1v) is 8.87. The van der Waals surface area contributed by atoms with E-state index in [2.05, 4.69) is 27.3 Å². The number of hydrogen-bond donors (Lipinski definition) is 2. The van der Waals surface area contributed by atoms with E-state index < -0.39 is 0 Å². The minimum absolute atomic E-state index is 0.257. The lowest BCUT2D eigenvalue weighted by Gasteiger charge is -2.11. The van der Waals surface area contributed by atoms with E-state index >= 15 is 0 Å². The molecular formula is C21H20ClN3O2. The van der Waals surface area contributed by atoms with Crippen molar-refractivity contribution in [2.75, 3.05) is 12.4 Å². The molecule has 0 atom stereocenters. The minimum atomic E-state index is -0.307. The Kier molecular flexibility index (Phi) is 5.33. The van der Waals surface area contributed by atoms with Crippen LogP contribution in [0.2, 0.25) is 5.02 Å². The highest BCUT2D eigenvalue weighted by Gasteiger charge is 2.12. The average Bonchev–Trinajstić information content (AvgIpc) is 3.01. The summed E-state index contributed by atoms with van der Waals surface area (Å²) in [5.41, 5.74) is 4.60. The summed E-state index contributed by atoms with van der Waals surface area (Å²) in [5.74, 6) is -0.564. The van der Waals surface area contributed by atoms with Gasteiger partial charge in [0.1, 0.15) is 0 Å². The molecule has 0 radical (unpaired) electrons. The predicted octanol–water partition coefficient (Wildman–Crippen LogP) is 4.36. The lowest BCUT2D eigenvalue weighted by atomic mass is 10.1. The van der Waals surface area contributed by atoms with Gasteiger partial charge in [-0.15, -0.1) is 0 Å². The Balaban J connectivity index is 1.80. The highest BCUT2D eigenvalue weighted by atomic mass is 35.5. The van der Waals surface area contributed by atoms with E-state index in [-0.39, 0.29) is 11.8 Å². The van der Waals surface area contributed by atoms with Gasteiger partial charge in [-0.3, -0.25) is 9.59 Å². The van der Waals surface area contributed by atoms with Crippen LogP contribution in [0.4, 0.5) is 5.69 Å². The third-order valence-corrected chi connectivity index (χ3v) is 4.68. The first kappa shape index (κ1) is 18.7. The van der Waals surface area contributed by atoms with Crippen LogP contribution in [0, 0.1) is 13.8 Å². The maximum Gasteiger partial charge on any atom is 0.255 e. The number of aromatic nitrogens is 1. The van der Waals surface area contributed by atoms with Crippen LogP contribution in [-0.4, -0.2) is 23.4 Å². The zero-order chi connectivity index (χ0) is 19.6. The van der Waals surface area contributed by atoms with Gasteiger partial charge in [0.2, 0.25) is 0 Å². The number of hydrogen-bond acceptors (Lipinski definition) is 2. The highest BCUT2D eigenvalue weighted by molar-refractivity contribution is 6.34. The number of carbonyl (C=O) groups is 2. The monoisotopic (exact) mass is 381 g/mol. The van der Waals surface area contributed by atoms with Gasteiger partial charge in [-0.1, -0.05) is 11.6 Å². The van der Waals surface area contributed by atoms with E-state index in [1.807, 2.05) is 26.0 Å². The van der Waals surface area contributed by atoms with Crippen LogP contribution >= 0.6 is 11.6 Å². The van der Waals surface area contributed by atoms with E-state index in [1.165, 1.54) is 7.05 Å². The van der Waals surface area contributed by atoms with Crippen molar-refractivity contribution in [1.29, 1.82) is 0 Å². The molecule has 0 aliphatic rings. The predicted molar refractivity (Wildman–Crippen MR) is 108 cm³/mol. The summed E-state index contributed by atoms with van der Waals surface area (Å²) in [4.78, 5) is 24.4. The molecule has 1 heterocycles. The molecule has 0 spiro atoms. The van der Waals surface area contributed by atoms with Crippen molar-refractivity contribution >= 4 is 29.1 Å². The Hall–Kier alpha value is -3.05. The number of nitrogens with one attached hydrogen (secondary N) is 2. The molecule has 3 rings (SSSR count). The zero-order valence-corrected chi connectivity index (χ0v) is 16.1. The topological polar surface area (TPSA) is 63.1 Å². The van der Waals surface area contributed by atoms with Gasteiger partial charge in [0, 0.05) is 35.4 Å². The second-order valence-electron chi connectivity index (χ2n) is 6.23. The van der Waals surface area contributed by atoms with Crippen LogP contribution in [-0.2, 0) is 0 Å². The Bertz CT molecular complexity index is 987. The Morgan fingerprint density at radius 1 is 0.889 bits per heavy atom. The quantitative estimate of drug-likeness (QED) is 0.705. The third kappa shape index (κ3) is 3.88. The number of rotatable bonds is 4. The fourth-order valence-electron chi connectivity index (χ4n) is 2.95. The molecule has 1 aromatic heterocycles. The van der Waals surface area contributed by atoms with Crippen molar-refractivity contribution in [2.45, 2.75) is 13.8 Å². The normalized spacial score (nSPS) is 10.5. The van der Waals surface area contributed by atoms with Gasteiger partial charge < -0.3 is 15.2 Å². The van der Waals surface area contributed by atoms with E-state index in [0.29, 0.717) is 21.8 Å². The lowest BCUT2D eigenvalue weighted by Crippen LogP contribution is -2.19. The summed E-state index contributed by atoms with van der Waals surface area (Å²) in [7, 11) is 1.53. The molecule has 0 aliphatic carbocycles. The minimum Gasteiger partial charge on any atom is -0.355 e. The fourth-order valence-corrected chi connectivity index (χ4v) is 3.16. The molecule has 0 saturated carbocycles. The zero-order valence-electron chi connectivity index (χ0n) is 15.3. The van der Waals surface area contributed by atoms with Crippen LogP contribution < -0.4 is 10.6 Å². The molecule has 0 unspecified atom stereocenters. The smallest absolute Gasteiger partial charge is 0.255 e. The molecule has 2 N–H and O–H groups in total.